The molecule has 1 saturated heterocycles. The molecule has 0 spiro atoms. The number of hydrogen-bond donors (Lipinski definition) is 1. The maximum Gasteiger partial charge on any atom is 0.310 e. The molecule has 1 aliphatic heterocycles. The molecule has 7 atom stereocenters. The fourth-order valence-electron chi connectivity index (χ4n) is 3.49. The van der Waals surface area contributed by atoms with Crippen molar-refractivity contribution in [3.8, 4) is 0 Å². The van der Waals surface area contributed by atoms with E-state index < -0.39 is 50.6 Å². The van der Waals surface area contributed by atoms with Crippen molar-refractivity contribution in [3.63, 3.8) is 0 Å². The second-order valence-electron chi connectivity index (χ2n) is 7.84. The average Bonchev–Trinajstić information content (AvgIpc) is 3.33. The van der Waals surface area contributed by atoms with Gasteiger partial charge < -0.3 is 19.3 Å². The Hall–Kier alpha value is -1.19. The highest BCUT2D eigenvalue weighted by molar-refractivity contribution is 7.92. The molecule has 2 aliphatic rings. The number of epoxide rings is 1. The van der Waals surface area contributed by atoms with E-state index in [1.807, 2.05) is 13.8 Å². The Morgan fingerprint density at radius 2 is 1.79 bits per heavy atom. The number of carbonyl (C=O) groups is 2. The van der Waals surface area contributed by atoms with Crippen molar-refractivity contribution >= 4 is 21.8 Å². The van der Waals surface area contributed by atoms with E-state index >= 15 is 0 Å². The van der Waals surface area contributed by atoms with Crippen LogP contribution in [0.4, 0.5) is 0 Å². The van der Waals surface area contributed by atoms with Gasteiger partial charge in [0.2, 0.25) is 20.7 Å². The van der Waals surface area contributed by atoms with Gasteiger partial charge in [-0.1, -0.05) is 13.3 Å². The van der Waals surface area contributed by atoms with Crippen LogP contribution in [0.25, 0.3) is 0 Å². The van der Waals surface area contributed by atoms with Crippen LogP contribution in [0.3, 0.4) is 0 Å². The monoisotopic (exact) mass is 420 g/mol. The lowest BCUT2D eigenvalue weighted by molar-refractivity contribution is -0.152. The maximum atomic E-state index is 12.6. The van der Waals surface area contributed by atoms with Crippen molar-refractivity contribution in [1.82, 2.24) is 0 Å². The van der Waals surface area contributed by atoms with Crippen molar-refractivity contribution in [2.45, 2.75) is 95.4 Å². The highest BCUT2D eigenvalue weighted by atomic mass is 32.2. The summed E-state index contributed by atoms with van der Waals surface area (Å²) >= 11 is 0. The Balaban J connectivity index is 1.90. The minimum absolute atomic E-state index is 0.00938. The van der Waals surface area contributed by atoms with Gasteiger partial charge >= 0.3 is 11.9 Å². The molecule has 2 rings (SSSR count). The zero-order chi connectivity index (χ0) is 21.1. The third-order valence-electron chi connectivity index (χ3n) is 5.65. The Bertz CT molecular complexity index is 661. The Labute approximate surface area is 166 Å². The molecule has 28 heavy (non-hydrogen) atoms. The third kappa shape index (κ3) is 5.90. The molecule has 1 saturated carbocycles. The predicted molar refractivity (Wildman–Crippen MR) is 101 cm³/mol. The van der Waals surface area contributed by atoms with Crippen LogP contribution in [0.1, 0.15) is 66.2 Å². The Morgan fingerprint density at radius 1 is 1.18 bits per heavy atom. The average molecular weight is 421 g/mol. The minimum Gasteiger partial charge on any atom is -0.446 e. The lowest BCUT2D eigenvalue weighted by atomic mass is 9.87. The van der Waals surface area contributed by atoms with E-state index in [0.29, 0.717) is 32.1 Å². The Morgan fingerprint density at radius 3 is 2.32 bits per heavy atom. The topological polar surface area (TPSA) is 120 Å². The smallest absolute Gasteiger partial charge is 0.310 e. The number of aliphatic hydroxyl groups is 1. The number of hydrogen-bond acceptors (Lipinski definition) is 8. The summed E-state index contributed by atoms with van der Waals surface area (Å²) in [6, 6.07) is 0. The largest absolute Gasteiger partial charge is 0.446 e. The zero-order valence-corrected chi connectivity index (χ0v) is 17.8. The number of aliphatic hydroxyl groups excluding tert-OH is 1. The predicted octanol–water partition coefficient (Wildman–Crippen LogP) is 1.93. The van der Waals surface area contributed by atoms with Crippen molar-refractivity contribution in [2.75, 3.05) is 0 Å². The van der Waals surface area contributed by atoms with Gasteiger partial charge in [0.25, 0.3) is 0 Å². The summed E-state index contributed by atoms with van der Waals surface area (Å²) in [4.78, 5) is 24.6. The highest BCUT2D eigenvalue weighted by Gasteiger charge is 2.40. The van der Waals surface area contributed by atoms with E-state index in [4.69, 9.17) is 14.2 Å². The number of rotatable bonds is 9. The SMILES string of the molecule is CCC(CC1OC1C)C(=O)OC(C)S(=O)(=O)C(C)OC(=O)C1CCCC(O)C1. The molecular formula is C19H32O8S. The maximum absolute atomic E-state index is 12.6. The van der Waals surface area contributed by atoms with E-state index in [0.717, 1.165) is 0 Å². The normalized spacial score (nSPS) is 30.8. The summed E-state index contributed by atoms with van der Waals surface area (Å²) in [6.07, 6.45) is 2.73. The van der Waals surface area contributed by atoms with Gasteiger partial charge in [-0.25, -0.2) is 8.42 Å². The van der Waals surface area contributed by atoms with Crippen molar-refractivity contribution in [1.29, 1.82) is 0 Å². The van der Waals surface area contributed by atoms with Crippen molar-refractivity contribution in [3.05, 3.63) is 0 Å². The molecule has 0 amide bonds. The highest BCUT2D eigenvalue weighted by Crippen LogP contribution is 2.30. The lowest BCUT2D eigenvalue weighted by Crippen LogP contribution is -2.38. The first-order valence-electron chi connectivity index (χ1n) is 10.0. The molecular weight excluding hydrogens is 388 g/mol. The molecule has 8 nitrogen and oxygen atoms in total. The van der Waals surface area contributed by atoms with Gasteiger partial charge in [-0.05, 0) is 52.9 Å². The van der Waals surface area contributed by atoms with Gasteiger partial charge in [-0.15, -0.1) is 0 Å². The van der Waals surface area contributed by atoms with E-state index in [1.165, 1.54) is 13.8 Å². The molecule has 1 aliphatic carbocycles. The number of ether oxygens (including phenoxy) is 3. The fourth-order valence-corrected chi connectivity index (χ4v) is 4.49. The molecule has 7 unspecified atom stereocenters. The first-order chi connectivity index (χ1) is 13.1. The molecule has 0 bridgehead atoms. The molecule has 9 heteroatoms. The molecule has 1 N–H and O–H groups in total. The van der Waals surface area contributed by atoms with Crippen LogP contribution in [0.15, 0.2) is 0 Å². The molecule has 0 aromatic carbocycles. The fraction of sp³-hybridized carbons (Fsp3) is 0.895. The van der Waals surface area contributed by atoms with Gasteiger partial charge in [0.15, 0.2) is 0 Å². The van der Waals surface area contributed by atoms with Crippen LogP contribution in [-0.2, 0) is 33.6 Å². The molecule has 162 valence electrons. The lowest BCUT2D eigenvalue weighted by Gasteiger charge is -2.26. The van der Waals surface area contributed by atoms with E-state index in [1.54, 1.807) is 0 Å². The number of sulfone groups is 1. The summed E-state index contributed by atoms with van der Waals surface area (Å²) in [7, 11) is -4.03. The summed E-state index contributed by atoms with van der Waals surface area (Å²) in [5.41, 5.74) is -2.86. The van der Waals surface area contributed by atoms with Crippen LogP contribution in [0, 0.1) is 11.8 Å². The quantitative estimate of drug-likeness (QED) is 0.444. The molecule has 2 fully saturated rings. The number of carbonyl (C=O) groups excluding carboxylic acids is 2. The van der Waals surface area contributed by atoms with Crippen molar-refractivity contribution in [2.24, 2.45) is 11.8 Å². The van der Waals surface area contributed by atoms with Gasteiger partial charge in [-0.2, -0.15) is 0 Å². The van der Waals surface area contributed by atoms with E-state index in [2.05, 4.69) is 0 Å². The number of esters is 2. The molecule has 1 heterocycles. The second kappa shape index (κ2) is 9.54. The second-order valence-corrected chi connectivity index (χ2v) is 10.3. The van der Waals surface area contributed by atoms with Gasteiger partial charge in [0.1, 0.15) is 0 Å². The first-order valence-corrected chi connectivity index (χ1v) is 11.6. The van der Waals surface area contributed by atoms with E-state index in [-0.39, 0.29) is 18.6 Å². The van der Waals surface area contributed by atoms with E-state index in [9.17, 15) is 23.1 Å². The van der Waals surface area contributed by atoms with Crippen LogP contribution in [0.5, 0.6) is 0 Å². The van der Waals surface area contributed by atoms with Crippen LogP contribution in [0.2, 0.25) is 0 Å². The molecule has 0 radical (unpaired) electrons. The van der Waals surface area contributed by atoms with Crippen LogP contribution < -0.4 is 0 Å². The van der Waals surface area contributed by atoms with Gasteiger partial charge in [0, 0.05) is 0 Å². The van der Waals surface area contributed by atoms with Crippen molar-refractivity contribution < 1.29 is 37.3 Å². The summed E-state index contributed by atoms with van der Waals surface area (Å²) in [5.74, 6) is -2.17. The minimum atomic E-state index is -4.03. The summed E-state index contributed by atoms with van der Waals surface area (Å²) < 4.78 is 40.9. The molecule has 0 aromatic heterocycles. The third-order valence-corrected chi connectivity index (χ3v) is 7.69. The first kappa shape index (κ1) is 23.1. The van der Waals surface area contributed by atoms with Gasteiger partial charge in [-0.3, -0.25) is 9.59 Å². The standard InChI is InChI=1S/C19H32O8S/c1-5-14(10-17-11(2)25-17)18(21)26-12(3)28(23,24)13(4)27-19(22)15-7-6-8-16(20)9-15/h11-17,20H,5-10H2,1-4H3. The van der Waals surface area contributed by atoms with Gasteiger partial charge in [0.05, 0.1) is 30.1 Å². The van der Waals surface area contributed by atoms with Crippen LogP contribution >= 0.6 is 0 Å². The summed E-state index contributed by atoms with van der Waals surface area (Å²) in [6.45, 7) is 6.27. The van der Waals surface area contributed by atoms with Crippen LogP contribution in [-0.4, -0.2) is 54.6 Å². The zero-order valence-electron chi connectivity index (χ0n) is 17.0. The molecule has 0 aromatic rings. The Kier molecular flexibility index (Phi) is 7.87. The summed E-state index contributed by atoms with van der Waals surface area (Å²) in [5, 5.41) is 9.68.